The summed E-state index contributed by atoms with van der Waals surface area (Å²) in [6.07, 6.45) is 3.53. The molecule has 0 saturated carbocycles. The van der Waals surface area contributed by atoms with Gasteiger partial charge in [0.1, 0.15) is 0 Å². The topological polar surface area (TPSA) is 79.4 Å². The van der Waals surface area contributed by atoms with Crippen molar-refractivity contribution in [1.82, 2.24) is 15.3 Å². The number of ether oxygens (including phenoxy) is 1. The van der Waals surface area contributed by atoms with Gasteiger partial charge in [0, 0.05) is 25.3 Å². The Morgan fingerprint density at radius 3 is 2.59 bits per heavy atom. The summed E-state index contributed by atoms with van der Waals surface area (Å²) in [6.45, 7) is 2.38. The van der Waals surface area contributed by atoms with Crippen molar-refractivity contribution in [2.24, 2.45) is 0 Å². The quantitative estimate of drug-likeness (QED) is 0.688. The molecule has 0 radical (unpaired) electrons. The molecule has 150 valence electrons. The lowest BCUT2D eigenvalue weighted by Gasteiger charge is -2.28. The van der Waals surface area contributed by atoms with Gasteiger partial charge in [-0.25, -0.2) is 14.8 Å². The maximum Gasteiger partial charge on any atom is 0.319 e. The van der Waals surface area contributed by atoms with E-state index in [1.165, 1.54) is 6.42 Å². The summed E-state index contributed by atoms with van der Waals surface area (Å²) in [7, 11) is 1.62. The van der Waals surface area contributed by atoms with Crippen molar-refractivity contribution in [1.29, 1.82) is 0 Å². The maximum absolute atomic E-state index is 12.3. The minimum Gasteiger partial charge on any atom is -0.478 e. The summed E-state index contributed by atoms with van der Waals surface area (Å²) in [5, 5.41) is 5.73. The molecule has 0 spiro atoms. The number of amides is 2. The lowest BCUT2D eigenvalue weighted by atomic mass is 10.1. The summed E-state index contributed by atoms with van der Waals surface area (Å²) >= 11 is 0. The molecule has 7 nitrogen and oxygen atoms in total. The lowest BCUT2D eigenvalue weighted by molar-refractivity contribution is 0.251. The number of anilines is 2. The van der Waals surface area contributed by atoms with E-state index in [9.17, 15) is 4.79 Å². The lowest BCUT2D eigenvalue weighted by Crippen LogP contribution is -2.30. The van der Waals surface area contributed by atoms with Crippen LogP contribution in [0.2, 0.25) is 0 Å². The van der Waals surface area contributed by atoms with Gasteiger partial charge in [0.05, 0.1) is 18.1 Å². The molecule has 0 atom stereocenters. The monoisotopic (exact) mass is 391 g/mol. The van der Waals surface area contributed by atoms with Gasteiger partial charge in [0.25, 0.3) is 5.88 Å². The molecule has 3 aromatic rings. The largest absolute Gasteiger partial charge is 0.478 e. The average molecular weight is 391 g/mol. The highest BCUT2D eigenvalue weighted by Crippen LogP contribution is 2.29. The predicted octanol–water partition coefficient (Wildman–Crippen LogP) is 3.95. The minimum absolute atomic E-state index is 0.258. The number of rotatable bonds is 5. The molecule has 29 heavy (non-hydrogen) atoms. The van der Waals surface area contributed by atoms with Crippen LogP contribution in [0.25, 0.3) is 11.0 Å². The van der Waals surface area contributed by atoms with Crippen LogP contribution in [-0.4, -0.2) is 36.2 Å². The zero-order valence-corrected chi connectivity index (χ0v) is 16.5. The van der Waals surface area contributed by atoms with Crippen molar-refractivity contribution in [3.8, 4) is 5.88 Å². The number of urea groups is 1. The Hall–Kier alpha value is -3.35. The molecule has 1 aromatic heterocycles. The van der Waals surface area contributed by atoms with Gasteiger partial charge in [-0.05, 0) is 43.0 Å². The standard InChI is InChI=1S/C22H25N5O2/c1-29-21-20(27-12-6-3-7-13-27)25-19-14-17(10-11-18(19)26-21)24-22(28)23-15-16-8-4-2-5-9-16/h2,4-5,8-11,14H,3,6-7,12-13,15H2,1H3,(H2,23,24,28). The molecule has 1 fully saturated rings. The van der Waals surface area contributed by atoms with Gasteiger partial charge in [0.15, 0.2) is 5.82 Å². The van der Waals surface area contributed by atoms with Gasteiger partial charge in [-0.15, -0.1) is 0 Å². The zero-order chi connectivity index (χ0) is 20.1. The average Bonchev–Trinajstić information content (AvgIpc) is 2.78. The van der Waals surface area contributed by atoms with Crippen LogP contribution in [0.5, 0.6) is 5.88 Å². The highest BCUT2D eigenvalue weighted by molar-refractivity contribution is 5.92. The molecular formula is C22H25N5O2. The molecule has 0 aliphatic carbocycles. The van der Waals surface area contributed by atoms with Crippen LogP contribution < -0.4 is 20.3 Å². The van der Waals surface area contributed by atoms with Crippen LogP contribution in [0.15, 0.2) is 48.5 Å². The predicted molar refractivity (Wildman–Crippen MR) is 114 cm³/mol. The number of fused-ring (bicyclic) bond motifs is 1. The number of aromatic nitrogens is 2. The number of hydrogen-bond acceptors (Lipinski definition) is 5. The highest BCUT2D eigenvalue weighted by atomic mass is 16.5. The number of benzene rings is 2. The van der Waals surface area contributed by atoms with Crippen molar-refractivity contribution >= 4 is 28.6 Å². The smallest absolute Gasteiger partial charge is 0.319 e. The fourth-order valence-electron chi connectivity index (χ4n) is 3.51. The van der Waals surface area contributed by atoms with Crippen molar-refractivity contribution < 1.29 is 9.53 Å². The summed E-state index contributed by atoms with van der Waals surface area (Å²) < 4.78 is 5.48. The van der Waals surface area contributed by atoms with Gasteiger partial charge in [-0.3, -0.25) is 0 Å². The molecule has 2 aromatic carbocycles. The zero-order valence-electron chi connectivity index (χ0n) is 16.5. The Morgan fingerprint density at radius 1 is 1.03 bits per heavy atom. The first-order valence-corrected chi connectivity index (χ1v) is 9.92. The Morgan fingerprint density at radius 2 is 1.83 bits per heavy atom. The summed E-state index contributed by atoms with van der Waals surface area (Å²) in [4.78, 5) is 23.9. The number of nitrogens with one attached hydrogen (secondary N) is 2. The number of piperidine rings is 1. The molecule has 4 rings (SSSR count). The number of nitrogens with zero attached hydrogens (tertiary/aromatic N) is 3. The van der Waals surface area contributed by atoms with Crippen LogP contribution in [0.3, 0.4) is 0 Å². The first kappa shape index (κ1) is 19.0. The summed E-state index contributed by atoms with van der Waals surface area (Å²) in [6, 6.07) is 15.0. The number of carbonyl (C=O) groups excluding carboxylic acids is 1. The van der Waals surface area contributed by atoms with E-state index >= 15 is 0 Å². The maximum atomic E-state index is 12.3. The normalized spacial score (nSPS) is 13.9. The molecule has 1 aliphatic rings. The third kappa shape index (κ3) is 4.56. The van der Waals surface area contributed by atoms with E-state index in [4.69, 9.17) is 9.72 Å². The Bertz CT molecular complexity index is 987. The third-order valence-corrected chi connectivity index (χ3v) is 5.02. The van der Waals surface area contributed by atoms with Crippen molar-refractivity contribution in [2.45, 2.75) is 25.8 Å². The van der Waals surface area contributed by atoms with Gasteiger partial charge >= 0.3 is 6.03 Å². The van der Waals surface area contributed by atoms with Crippen LogP contribution in [0, 0.1) is 0 Å². The first-order chi connectivity index (χ1) is 14.2. The Balaban J connectivity index is 1.50. The van der Waals surface area contributed by atoms with Crippen molar-refractivity contribution in [2.75, 3.05) is 30.4 Å². The molecule has 2 N–H and O–H groups in total. The molecular weight excluding hydrogens is 366 g/mol. The van der Waals surface area contributed by atoms with E-state index in [2.05, 4.69) is 20.5 Å². The summed E-state index contributed by atoms with van der Waals surface area (Å²) in [5.41, 5.74) is 3.18. The van der Waals surface area contributed by atoms with Crippen LogP contribution in [0.1, 0.15) is 24.8 Å². The second-order valence-electron chi connectivity index (χ2n) is 7.10. The van der Waals surface area contributed by atoms with Gasteiger partial charge in [0.2, 0.25) is 0 Å². The fourth-order valence-corrected chi connectivity index (χ4v) is 3.51. The van der Waals surface area contributed by atoms with Gasteiger partial charge in [-0.1, -0.05) is 30.3 Å². The molecule has 0 unspecified atom stereocenters. The molecule has 7 heteroatoms. The Labute approximate surface area is 170 Å². The van der Waals surface area contributed by atoms with E-state index < -0.39 is 0 Å². The van der Waals surface area contributed by atoms with Gasteiger partial charge < -0.3 is 20.3 Å². The Kier molecular flexibility index (Phi) is 5.74. The molecule has 0 bridgehead atoms. The minimum atomic E-state index is -0.258. The third-order valence-electron chi connectivity index (χ3n) is 5.02. The molecule has 1 aliphatic heterocycles. The second kappa shape index (κ2) is 8.77. The molecule has 2 amide bonds. The highest BCUT2D eigenvalue weighted by Gasteiger charge is 2.19. The van der Waals surface area contributed by atoms with Crippen molar-refractivity contribution in [3.05, 3.63) is 54.1 Å². The van der Waals surface area contributed by atoms with E-state index in [0.29, 0.717) is 18.1 Å². The van der Waals surface area contributed by atoms with E-state index in [1.807, 2.05) is 48.5 Å². The molecule has 1 saturated heterocycles. The second-order valence-corrected chi connectivity index (χ2v) is 7.10. The van der Waals surface area contributed by atoms with Crippen LogP contribution in [-0.2, 0) is 6.54 Å². The van der Waals surface area contributed by atoms with Gasteiger partial charge in [-0.2, -0.15) is 0 Å². The van der Waals surface area contributed by atoms with Crippen molar-refractivity contribution in [3.63, 3.8) is 0 Å². The van der Waals surface area contributed by atoms with E-state index in [1.54, 1.807) is 7.11 Å². The molecule has 2 heterocycles. The van der Waals surface area contributed by atoms with E-state index in [-0.39, 0.29) is 6.03 Å². The summed E-state index contributed by atoms with van der Waals surface area (Å²) in [5.74, 6) is 1.31. The van der Waals surface area contributed by atoms with E-state index in [0.717, 1.165) is 48.3 Å². The van der Waals surface area contributed by atoms with Crippen LogP contribution >= 0.6 is 0 Å². The SMILES string of the molecule is COc1nc2ccc(NC(=O)NCc3ccccc3)cc2nc1N1CCCCC1. The number of hydrogen-bond donors (Lipinski definition) is 2. The number of methoxy groups -OCH3 is 1. The number of carbonyl (C=O) groups is 1. The van der Waals surface area contributed by atoms with Crippen LogP contribution in [0.4, 0.5) is 16.3 Å². The fraction of sp³-hybridized carbons (Fsp3) is 0.318. The first-order valence-electron chi connectivity index (χ1n) is 9.92.